The first-order valence-electron chi connectivity index (χ1n) is 7.48. The molecule has 0 N–H and O–H groups in total. The topological polar surface area (TPSA) is 30.8 Å². The molecule has 3 heteroatoms. The first-order chi connectivity index (χ1) is 9.54. The quantitative estimate of drug-likeness (QED) is 0.781. The average molecular weight is 275 g/mol. The molecule has 0 saturated carbocycles. The molecule has 0 spiro atoms. The van der Waals surface area contributed by atoms with Gasteiger partial charge in [-0.2, -0.15) is 0 Å². The first kappa shape index (κ1) is 15.0. The Hall–Kier alpha value is -1.35. The van der Waals surface area contributed by atoms with Crippen LogP contribution in [0.4, 0.5) is 0 Å². The molecule has 1 unspecified atom stereocenters. The predicted octanol–water partition coefficient (Wildman–Crippen LogP) is 4.15. The van der Waals surface area contributed by atoms with Crippen molar-refractivity contribution in [2.75, 3.05) is 0 Å². The molecule has 20 heavy (non-hydrogen) atoms. The Labute approximate surface area is 122 Å². The van der Waals surface area contributed by atoms with Gasteiger partial charge < -0.3 is 9.57 Å². The van der Waals surface area contributed by atoms with Gasteiger partial charge in [0.2, 0.25) is 0 Å². The summed E-state index contributed by atoms with van der Waals surface area (Å²) in [5.41, 5.74) is 3.41. The van der Waals surface area contributed by atoms with E-state index in [-0.39, 0.29) is 12.2 Å². The summed E-state index contributed by atoms with van der Waals surface area (Å²) in [6.07, 6.45) is 2.49. The lowest BCUT2D eigenvalue weighted by Gasteiger charge is -2.10. The maximum atomic E-state index is 5.60. The molecule has 110 valence electrons. The Kier molecular flexibility index (Phi) is 5.18. The molecule has 0 saturated heterocycles. The smallest absolute Gasteiger partial charge is 0.133 e. The molecule has 1 heterocycles. The van der Waals surface area contributed by atoms with Gasteiger partial charge in [-0.15, -0.1) is 0 Å². The van der Waals surface area contributed by atoms with E-state index in [1.54, 1.807) is 0 Å². The average Bonchev–Trinajstić information content (AvgIpc) is 2.84. The van der Waals surface area contributed by atoms with Gasteiger partial charge >= 0.3 is 0 Å². The van der Waals surface area contributed by atoms with E-state index in [0.717, 1.165) is 24.1 Å². The van der Waals surface area contributed by atoms with Crippen LogP contribution in [0.25, 0.3) is 0 Å². The second-order valence-electron chi connectivity index (χ2n) is 6.16. The highest BCUT2D eigenvalue weighted by Crippen LogP contribution is 2.22. The Bertz CT molecular complexity index is 449. The van der Waals surface area contributed by atoms with Gasteiger partial charge in [-0.1, -0.05) is 43.3 Å². The van der Waals surface area contributed by atoms with Crippen molar-refractivity contribution in [3.05, 3.63) is 35.4 Å². The van der Waals surface area contributed by atoms with Crippen LogP contribution in [0, 0.1) is 5.92 Å². The number of oxime groups is 1. The lowest BCUT2D eigenvalue weighted by molar-refractivity contribution is 0.0657. The van der Waals surface area contributed by atoms with Crippen molar-refractivity contribution in [1.82, 2.24) is 0 Å². The minimum atomic E-state index is 0.244. The van der Waals surface area contributed by atoms with Crippen LogP contribution in [0.2, 0.25) is 0 Å². The van der Waals surface area contributed by atoms with E-state index in [2.05, 4.69) is 43.3 Å². The standard InChI is InChI=1S/C17H25NO2/c1-12(2)9-16-10-17(18-20-16)15-7-5-14(6-8-15)11-19-13(3)4/h5-8,12-13,16H,9-11H2,1-4H3. The van der Waals surface area contributed by atoms with Crippen molar-refractivity contribution in [2.45, 2.75) is 59.4 Å². The molecular weight excluding hydrogens is 250 g/mol. The third-order valence-corrected chi connectivity index (χ3v) is 3.34. The minimum absolute atomic E-state index is 0.244. The van der Waals surface area contributed by atoms with Crippen molar-refractivity contribution < 1.29 is 9.57 Å². The summed E-state index contributed by atoms with van der Waals surface area (Å²) in [5.74, 6) is 0.644. The second kappa shape index (κ2) is 6.89. The third-order valence-electron chi connectivity index (χ3n) is 3.34. The molecule has 0 aromatic heterocycles. The number of hydrogen-bond acceptors (Lipinski definition) is 3. The van der Waals surface area contributed by atoms with Crippen molar-refractivity contribution in [1.29, 1.82) is 0 Å². The van der Waals surface area contributed by atoms with E-state index in [4.69, 9.17) is 9.57 Å². The summed E-state index contributed by atoms with van der Waals surface area (Å²) in [6, 6.07) is 8.43. The van der Waals surface area contributed by atoms with Crippen molar-refractivity contribution in [3.63, 3.8) is 0 Å². The molecule has 0 radical (unpaired) electrons. The normalized spacial score (nSPS) is 18.5. The van der Waals surface area contributed by atoms with Gasteiger partial charge in [-0.25, -0.2) is 0 Å². The Morgan fingerprint density at radius 3 is 2.50 bits per heavy atom. The van der Waals surface area contributed by atoms with Crippen LogP contribution in [0.1, 0.15) is 51.7 Å². The summed E-state index contributed by atoms with van der Waals surface area (Å²) < 4.78 is 5.60. The highest BCUT2D eigenvalue weighted by molar-refractivity contribution is 6.01. The molecule has 2 rings (SSSR count). The lowest BCUT2D eigenvalue weighted by Crippen LogP contribution is -2.11. The van der Waals surface area contributed by atoms with E-state index < -0.39 is 0 Å². The maximum absolute atomic E-state index is 5.60. The number of nitrogens with zero attached hydrogens (tertiary/aromatic N) is 1. The number of rotatable bonds is 6. The number of hydrogen-bond donors (Lipinski definition) is 0. The van der Waals surface area contributed by atoms with Gasteiger partial charge in [0.05, 0.1) is 18.4 Å². The molecule has 1 aliphatic rings. The molecule has 0 aliphatic carbocycles. The van der Waals surface area contributed by atoms with E-state index in [1.807, 2.05) is 13.8 Å². The van der Waals surface area contributed by atoms with Gasteiger partial charge in [0.1, 0.15) is 6.10 Å². The van der Waals surface area contributed by atoms with Crippen molar-refractivity contribution in [2.24, 2.45) is 11.1 Å². The fourth-order valence-electron chi connectivity index (χ4n) is 2.31. The van der Waals surface area contributed by atoms with Gasteiger partial charge in [0, 0.05) is 6.42 Å². The number of ether oxygens (including phenoxy) is 1. The fraction of sp³-hybridized carbons (Fsp3) is 0.588. The predicted molar refractivity (Wildman–Crippen MR) is 81.8 cm³/mol. The van der Waals surface area contributed by atoms with Crippen LogP contribution >= 0.6 is 0 Å². The van der Waals surface area contributed by atoms with Crippen LogP contribution in [0.5, 0.6) is 0 Å². The Morgan fingerprint density at radius 1 is 1.20 bits per heavy atom. The SMILES string of the molecule is CC(C)CC1CC(c2ccc(COC(C)C)cc2)=NO1. The third kappa shape index (κ3) is 4.34. The summed E-state index contributed by atoms with van der Waals surface area (Å²) in [5, 5.41) is 4.23. The zero-order valence-electron chi connectivity index (χ0n) is 12.9. The molecule has 3 nitrogen and oxygen atoms in total. The Balaban J connectivity index is 1.91. The maximum Gasteiger partial charge on any atom is 0.133 e. The fourth-order valence-corrected chi connectivity index (χ4v) is 2.31. The van der Waals surface area contributed by atoms with Gasteiger partial charge in [-0.05, 0) is 37.3 Å². The van der Waals surface area contributed by atoms with Gasteiger partial charge in [-0.3, -0.25) is 0 Å². The van der Waals surface area contributed by atoms with Crippen LogP contribution in [0.3, 0.4) is 0 Å². The summed E-state index contributed by atoms with van der Waals surface area (Å²) in [7, 11) is 0. The summed E-state index contributed by atoms with van der Waals surface area (Å²) in [6.45, 7) is 9.19. The van der Waals surface area contributed by atoms with Crippen LogP contribution < -0.4 is 0 Å². The molecule has 0 fully saturated rings. The van der Waals surface area contributed by atoms with Crippen LogP contribution in [-0.2, 0) is 16.2 Å². The molecule has 0 bridgehead atoms. The highest BCUT2D eigenvalue weighted by Gasteiger charge is 2.22. The zero-order chi connectivity index (χ0) is 14.5. The van der Waals surface area contributed by atoms with E-state index >= 15 is 0 Å². The zero-order valence-corrected chi connectivity index (χ0v) is 12.9. The van der Waals surface area contributed by atoms with Crippen LogP contribution in [-0.4, -0.2) is 17.9 Å². The first-order valence-corrected chi connectivity index (χ1v) is 7.48. The van der Waals surface area contributed by atoms with Crippen molar-refractivity contribution in [3.8, 4) is 0 Å². The summed E-state index contributed by atoms with van der Waals surface area (Å²) in [4.78, 5) is 5.50. The van der Waals surface area contributed by atoms with E-state index in [0.29, 0.717) is 12.5 Å². The Morgan fingerprint density at radius 2 is 1.90 bits per heavy atom. The second-order valence-corrected chi connectivity index (χ2v) is 6.16. The lowest BCUT2D eigenvalue weighted by atomic mass is 9.98. The molecular formula is C17H25NO2. The number of benzene rings is 1. The van der Waals surface area contributed by atoms with Crippen LogP contribution in [0.15, 0.2) is 29.4 Å². The highest BCUT2D eigenvalue weighted by atomic mass is 16.6. The van der Waals surface area contributed by atoms with Gasteiger partial charge in [0.25, 0.3) is 0 Å². The summed E-state index contributed by atoms with van der Waals surface area (Å²) >= 11 is 0. The molecule has 1 atom stereocenters. The van der Waals surface area contributed by atoms with E-state index in [9.17, 15) is 0 Å². The molecule has 0 amide bonds. The minimum Gasteiger partial charge on any atom is -0.392 e. The monoisotopic (exact) mass is 275 g/mol. The molecule has 1 aromatic rings. The molecule has 1 aromatic carbocycles. The largest absolute Gasteiger partial charge is 0.392 e. The van der Waals surface area contributed by atoms with Crippen molar-refractivity contribution >= 4 is 5.71 Å². The van der Waals surface area contributed by atoms with E-state index in [1.165, 1.54) is 5.56 Å². The molecule has 1 aliphatic heterocycles. The van der Waals surface area contributed by atoms with Gasteiger partial charge in [0.15, 0.2) is 0 Å².